The van der Waals surface area contributed by atoms with Gasteiger partial charge in [0.15, 0.2) is 0 Å². The molecule has 1 aromatic carbocycles. The van der Waals surface area contributed by atoms with Crippen LogP contribution in [0.15, 0.2) is 24.3 Å². The van der Waals surface area contributed by atoms with E-state index in [1.165, 1.54) is 13.2 Å². The standard InChI is InChI=1S/C14H20N2O4/c1-5-14(2,3)16-13(18)20-11-8-6-7-10(9-11)15-12(17)19-4/h6-9H,5H2,1-4H3,(H,15,17)(H,16,18). The summed E-state index contributed by atoms with van der Waals surface area (Å²) in [5.74, 6) is 0.336. The third kappa shape index (κ3) is 5.17. The van der Waals surface area contributed by atoms with Crippen LogP contribution in [0.1, 0.15) is 27.2 Å². The van der Waals surface area contributed by atoms with E-state index in [2.05, 4.69) is 15.4 Å². The maximum absolute atomic E-state index is 11.7. The van der Waals surface area contributed by atoms with Crippen molar-refractivity contribution in [1.29, 1.82) is 0 Å². The van der Waals surface area contributed by atoms with Crippen molar-refractivity contribution >= 4 is 17.9 Å². The molecule has 1 aromatic rings. The molecule has 0 fully saturated rings. The van der Waals surface area contributed by atoms with E-state index in [1.54, 1.807) is 18.2 Å². The molecular weight excluding hydrogens is 260 g/mol. The summed E-state index contributed by atoms with van der Waals surface area (Å²) < 4.78 is 9.65. The highest BCUT2D eigenvalue weighted by Gasteiger charge is 2.19. The highest BCUT2D eigenvalue weighted by atomic mass is 16.6. The Morgan fingerprint density at radius 3 is 2.55 bits per heavy atom. The molecule has 0 aliphatic rings. The molecule has 6 heteroatoms. The second-order valence-electron chi connectivity index (χ2n) is 4.90. The largest absolute Gasteiger partial charge is 0.453 e. The number of amides is 2. The topological polar surface area (TPSA) is 76.7 Å². The van der Waals surface area contributed by atoms with Crippen LogP contribution in [-0.2, 0) is 4.74 Å². The zero-order valence-electron chi connectivity index (χ0n) is 12.1. The van der Waals surface area contributed by atoms with Gasteiger partial charge < -0.3 is 14.8 Å². The molecule has 0 bridgehead atoms. The van der Waals surface area contributed by atoms with Crippen molar-refractivity contribution in [3.8, 4) is 5.75 Å². The molecule has 1 rings (SSSR count). The molecule has 0 saturated heterocycles. The van der Waals surface area contributed by atoms with Crippen LogP contribution in [0, 0.1) is 0 Å². The Labute approximate surface area is 118 Å². The smallest absolute Gasteiger partial charge is 0.413 e. The zero-order valence-corrected chi connectivity index (χ0v) is 12.1. The summed E-state index contributed by atoms with van der Waals surface area (Å²) in [7, 11) is 1.27. The van der Waals surface area contributed by atoms with Crippen LogP contribution in [0.25, 0.3) is 0 Å². The van der Waals surface area contributed by atoms with Gasteiger partial charge in [-0.1, -0.05) is 13.0 Å². The second-order valence-corrected chi connectivity index (χ2v) is 4.90. The van der Waals surface area contributed by atoms with E-state index in [9.17, 15) is 9.59 Å². The number of anilines is 1. The molecule has 6 nitrogen and oxygen atoms in total. The molecule has 0 aliphatic heterocycles. The van der Waals surface area contributed by atoms with Crippen LogP contribution in [0.4, 0.5) is 15.3 Å². The monoisotopic (exact) mass is 280 g/mol. The molecule has 0 unspecified atom stereocenters. The minimum atomic E-state index is -0.585. The molecule has 0 aliphatic carbocycles. The lowest BCUT2D eigenvalue weighted by Gasteiger charge is -2.23. The van der Waals surface area contributed by atoms with Gasteiger partial charge in [-0.2, -0.15) is 0 Å². The van der Waals surface area contributed by atoms with E-state index in [1.807, 2.05) is 20.8 Å². The molecule has 2 amide bonds. The number of nitrogens with one attached hydrogen (secondary N) is 2. The van der Waals surface area contributed by atoms with Crippen LogP contribution < -0.4 is 15.4 Å². The van der Waals surface area contributed by atoms with Crippen molar-refractivity contribution in [2.24, 2.45) is 0 Å². The molecule has 0 heterocycles. The SMILES string of the molecule is CCC(C)(C)NC(=O)Oc1cccc(NC(=O)OC)c1. The van der Waals surface area contributed by atoms with Crippen LogP contribution in [0.5, 0.6) is 5.75 Å². The van der Waals surface area contributed by atoms with E-state index >= 15 is 0 Å². The van der Waals surface area contributed by atoms with Gasteiger partial charge in [-0.05, 0) is 32.4 Å². The molecular formula is C14H20N2O4. The lowest BCUT2D eigenvalue weighted by atomic mass is 10.0. The Balaban J connectivity index is 2.66. The Kier molecular flexibility index (Phi) is 5.37. The predicted molar refractivity (Wildman–Crippen MR) is 76.0 cm³/mol. The summed E-state index contributed by atoms with van der Waals surface area (Å²) in [6.07, 6.45) is -0.336. The van der Waals surface area contributed by atoms with Crippen LogP contribution in [0.2, 0.25) is 0 Å². The number of ether oxygens (including phenoxy) is 2. The van der Waals surface area contributed by atoms with Crippen molar-refractivity contribution in [3.05, 3.63) is 24.3 Å². The first-order valence-electron chi connectivity index (χ1n) is 6.31. The lowest BCUT2D eigenvalue weighted by molar-refractivity contribution is 0.186. The summed E-state index contributed by atoms with van der Waals surface area (Å²) in [5.41, 5.74) is 0.149. The summed E-state index contributed by atoms with van der Waals surface area (Å²) >= 11 is 0. The second kappa shape index (κ2) is 6.79. The van der Waals surface area contributed by atoms with Crippen molar-refractivity contribution < 1.29 is 19.1 Å². The van der Waals surface area contributed by atoms with Gasteiger partial charge in [0.2, 0.25) is 0 Å². The van der Waals surface area contributed by atoms with Crippen LogP contribution in [-0.4, -0.2) is 24.8 Å². The Bertz CT molecular complexity index is 486. The van der Waals surface area contributed by atoms with Crippen LogP contribution in [0.3, 0.4) is 0 Å². The summed E-state index contributed by atoms with van der Waals surface area (Å²) in [6, 6.07) is 6.49. The van der Waals surface area contributed by atoms with E-state index in [0.717, 1.165) is 6.42 Å². The van der Waals surface area contributed by atoms with E-state index < -0.39 is 12.2 Å². The van der Waals surface area contributed by atoms with E-state index in [-0.39, 0.29) is 5.54 Å². The summed E-state index contributed by atoms with van der Waals surface area (Å²) in [5, 5.41) is 5.24. The molecule has 20 heavy (non-hydrogen) atoms. The van der Waals surface area contributed by atoms with Gasteiger partial charge in [0.05, 0.1) is 7.11 Å². The average Bonchev–Trinajstić information content (AvgIpc) is 2.38. The zero-order chi connectivity index (χ0) is 15.2. The number of carbonyl (C=O) groups excluding carboxylic acids is 2. The first kappa shape index (κ1) is 15.8. The molecule has 0 spiro atoms. The third-order valence-corrected chi connectivity index (χ3v) is 2.80. The molecule has 0 aromatic heterocycles. The first-order chi connectivity index (χ1) is 9.36. The van der Waals surface area contributed by atoms with Gasteiger partial charge in [0.1, 0.15) is 5.75 Å². The molecule has 110 valence electrons. The Morgan fingerprint density at radius 2 is 1.95 bits per heavy atom. The Hall–Kier alpha value is -2.24. The van der Waals surface area contributed by atoms with E-state index in [0.29, 0.717) is 11.4 Å². The average molecular weight is 280 g/mol. The lowest BCUT2D eigenvalue weighted by Crippen LogP contribution is -2.44. The number of rotatable bonds is 4. The third-order valence-electron chi connectivity index (χ3n) is 2.80. The van der Waals surface area contributed by atoms with Gasteiger partial charge in [-0.15, -0.1) is 0 Å². The molecule has 0 atom stereocenters. The highest BCUT2D eigenvalue weighted by Crippen LogP contribution is 2.18. The predicted octanol–water partition coefficient (Wildman–Crippen LogP) is 3.14. The van der Waals surface area contributed by atoms with Crippen molar-refractivity contribution in [2.75, 3.05) is 12.4 Å². The number of hydrogen-bond donors (Lipinski definition) is 2. The number of hydrogen-bond acceptors (Lipinski definition) is 4. The van der Waals surface area contributed by atoms with Gasteiger partial charge in [0.25, 0.3) is 0 Å². The number of methoxy groups -OCH3 is 1. The maximum Gasteiger partial charge on any atom is 0.413 e. The quantitative estimate of drug-likeness (QED) is 0.888. The van der Waals surface area contributed by atoms with Crippen molar-refractivity contribution in [1.82, 2.24) is 5.32 Å². The normalized spacial score (nSPS) is 10.6. The summed E-state index contributed by atoms with van der Waals surface area (Å²) in [6.45, 7) is 5.79. The minimum Gasteiger partial charge on any atom is -0.453 e. The Morgan fingerprint density at radius 1 is 1.25 bits per heavy atom. The van der Waals surface area contributed by atoms with Gasteiger partial charge in [-0.25, -0.2) is 9.59 Å². The van der Waals surface area contributed by atoms with Crippen molar-refractivity contribution in [3.63, 3.8) is 0 Å². The molecule has 2 N–H and O–H groups in total. The fourth-order valence-corrected chi connectivity index (χ4v) is 1.30. The number of carbonyl (C=O) groups is 2. The fourth-order valence-electron chi connectivity index (χ4n) is 1.30. The highest BCUT2D eigenvalue weighted by molar-refractivity contribution is 5.84. The van der Waals surface area contributed by atoms with Gasteiger partial charge in [-0.3, -0.25) is 5.32 Å². The number of benzene rings is 1. The van der Waals surface area contributed by atoms with Crippen molar-refractivity contribution in [2.45, 2.75) is 32.7 Å². The summed E-state index contributed by atoms with van der Waals surface area (Å²) in [4.78, 5) is 22.8. The van der Waals surface area contributed by atoms with Crippen LogP contribution >= 0.6 is 0 Å². The van der Waals surface area contributed by atoms with E-state index in [4.69, 9.17) is 4.74 Å². The van der Waals surface area contributed by atoms with Gasteiger partial charge in [0, 0.05) is 17.3 Å². The first-order valence-corrected chi connectivity index (χ1v) is 6.31. The molecule has 0 saturated carbocycles. The minimum absolute atomic E-state index is 0.334. The fraction of sp³-hybridized carbons (Fsp3) is 0.429. The maximum atomic E-state index is 11.7. The van der Waals surface area contributed by atoms with Gasteiger partial charge >= 0.3 is 12.2 Å². The molecule has 0 radical (unpaired) electrons.